The van der Waals surface area contributed by atoms with Crippen molar-refractivity contribution >= 4 is 32.7 Å². The van der Waals surface area contributed by atoms with E-state index in [0.29, 0.717) is 21.6 Å². The summed E-state index contributed by atoms with van der Waals surface area (Å²) < 4.78 is 30.0. The molecule has 1 N–H and O–H groups in total. The molecule has 0 saturated heterocycles. The lowest BCUT2D eigenvalue weighted by Crippen LogP contribution is -2.39. The SMILES string of the molecule is Cn1c(=O)c(=O)n(C)c2cc(S(=O)(=O)NCc3ccccc3Cl)ccc21. The highest BCUT2D eigenvalue weighted by molar-refractivity contribution is 7.89. The molecule has 1 heterocycles. The van der Waals surface area contributed by atoms with Gasteiger partial charge >= 0.3 is 11.1 Å². The largest absolute Gasteiger partial charge is 0.316 e. The number of benzene rings is 2. The number of hydrogen-bond acceptors (Lipinski definition) is 4. The zero-order valence-electron chi connectivity index (χ0n) is 14.1. The smallest absolute Gasteiger partial charge is 0.305 e. The Hall–Kier alpha value is -2.42. The molecule has 0 fully saturated rings. The van der Waals surface area contributed by atoms with E-state index >= 15 is 0 Å². The van der Waals surface area contributed by atoms with Gasteiger partial charge in [-0.1, -0.05) is 29.8 Å². The summed E-state index contributed by atoms with van der Waals surface area (Å²) in [6, 6.07) is 11.2. The van der Waals surface area contributed by atoms with Crippen LogP contribution in [0, 0.1) is 0 Å². The summed E-state index contributed by atoms with van der Waals surface area (Å²) >= 11 is 6.04. The standard InChI is InChI=1S/C17H16ClN3O4S/c1-20-14-8-7-12(9-15(14)21(2)17(23)16(20)22)26(24,25)19-10-11-5-3-4-6-13(11)18/h3-9,19H,10H2,1-2H3. The quantitative estimate of drug-likeness (QED) is 0.678. The van der Waals surface area contributed by atoms with Gasteiger partial charge < -0.3 is 9.13 Å². The fourth-order valence-electron chi connectivity index (χ4n) is 2.63. The molecule has 26 heavy (non-hydrogen) atoms. The fraction of sp³-hybridized carbons (Fsp3) is 0.176. The average Bonchev–Trinajstić information content (AvgIpc) is 2.63. The van der Waals surface area contributed by atoms with Gasteiger partial charge in [0.2, 0.25) is 10.0 Å². The number of nitrogens with zero attached hydrogens (tertiary/aromatic N) is 2. The molecule has 3 aromatic rings. The van der Waals surface area contributed by atoms with E-state index in [4.69, 9.17) is 11.6 Å². The van der Waals surface area contributed by atoms with E-state index in [0.717, 1.165) is 4.57 Å². The highest BCUT2D eigenvalue weighted by Gasteiger charge is 2.17. The van der Waals surface area contributed by atoms with Gasteiger partial charge in [0.05, 0.1) is 15.9 Å². The zero-order chi connectivity index (χ0) is 19.1. The maximum Gasteiger partial charge on any atom is 0.316 e. The van der Waals surface area contributed by atoms with E-state index in [2.05, 4.69) is 4.72 Å². The van der Waals surface area contributed by atoms with Crippen molar-refractivity contribution in [1.29, 1.82) is 0 Å². The molecule has 2 aromatic carbocycles. The predicted molar refractivity (Wildman–Crippen MR) is 99.9 cm³/mol. The molecule has 0 radical (unpaired) electrons. The van der Waals surface area contributed by atoms with Crippen molar-refractivity contribution in [2.24, 2.45) is 14.1 Å². The fourth-order valence-corrected chi connectivity index (χ4v) is 3.85. The summed E-state index contributed by atoms with van der Waals surface area (Å²) in [6.45, 7) is 0.0340. The Morgan fingerprint density at radius 2 is 1.58 bits per heavy atom. The third kappa shape index (κ3) is 3.18. The van der Waals surface area contributed by atoms with Crippen molar-refractivity contribution in [1.82, 2.24) is 13.9 Å². The lowest BCUT2D eigenvalue weighted by Gasteiger charge is -2.12. The summed E-state index contributed by atoms with van der Waals surface area (Å²) in [4.78, 5) is 23.8. The van der Waals surface area contributed by atoms with Crippen molar-refractivity contribution in [3.05, 3.63) is 73.8 Å². The van der Waals surface area contributed by atoms with Crippen molar-refractivity contribution in [3.8, 4) is 0 Å². The van der Waals surface area contributed by atoms with Crippen LogP contribution in [0.15, 0.2) is 56.9 Å². The molecule has 0 bridgehead atoms. The molecule has 0 aliphatic carbocycles. The van der Waals surface area contributed by atoms with Gasteiger partial charge in [-0.25, -0.2) is 13.1 Å². The number of rotatable bonds is 4. The van der Waals surface area contributed by atoms with Crippen LogP contribution >= 0.6 is 11.6 Å². The highest BCUT2D eigenvalue weighted by atomic mass is 35.5. The molecule has 0 saturated carbocycles. The summed E-state index contributed by atoms with van der Waals surface area (Å²) in [5, 5.41) is 0.464. The second-order valence-electron chi connectivity index (χ2n) is 5.79. The molecule has 0 spiro atoms. The molecule has 1 aromatic heterocycles. The van der Waals surface area contributed by atoms with E-state index in [1.807, 2.05) is 0 Å². The molecule has 0 atom stereocenters. The third-order valence-electron chi connectivity index (χ3n) is 4.18. The first-order valence-electron chi connectivity index (χ1n) is 7.65. The number of hydrogen-bond donors (Lipinski definition) is 1. The normalized spacial score (nSPS) is 11.8. The minimum atomic E-state index is -3.83. The van der Waals surface area contributed by atoms with Crippen LogP contribution in [0.5, 0.6) is 0 Å². The zero-order valence-corrected chi connectivity index (χ0v) is 15.6. The van der Waals surface area contributed by atoms with Crippen LogP contribution < -0.4 is 15.8 Å². The summed E-state index contributed by atoms with van der Waals surface area (Å²) in [5.74, 6) is 0. The van der Waals surface area contributed by atoms with Crippen molar-refractivity contribution < 1.29 is 8.42 Å². The van der Waals surface area contributed by atoms with Gasteiger partial charge in [0.15, 0.2) is 0 Å². The van der Waals surface area contributed by atoms with Crippen molar-refractivity contribution in [3.63, 3.8) is 0 Å². The monoisotopic (exact) mass is 393 g/mol. The Kier molecular flexibility index (Phi) is 4.74. The third-order valence-corrected chi connectivity index (χ3v) is 5.95. The van der Waals surface area contributed by atoms with Crippen molar-refractivity contribution in [2.75, 3.05) is 0 Å². The van der Waals surface area contributed by atoms with Gasteiger partial charge in [0.25, 0.3) is 0 Å². The van der Waals surface area contributed by atoms with Crippen LogP contribution in [0.1, 0.15) is 5.56 Å². The average molecular weight is 394 g/mol. The van der Waals surface area contributed by atoms with E-state index < -0.39 is 21.1 Å². The van der Waals surface area contributed by atoms with Crippen LogP contribution in [-0.4, -0.2) is 17.6 Å². The van der Waals surface area contributed by atoms with Gasteiger partial charge in [0.1, 0.15) is 0 Å². The summed E-state index contributed by atoms with van der Waals surface area (Å²) in [6.07, 6.45) is 0. The van der Waals surface area contributed by atoms with Crippen LogP contribution in [0.4, 0.5) is 0 Å². The molecular weight excluding hydrogens is 378 g/mol. The topological polar surface area (TPSA) is 90.2 Å². The van der Waals surface area contributed by atoms with Crippen LogP contribution in [0.25, 0.3) is 11.0 Å². The number of sulfonamides is 1. The Morgan fingerprint density at radius 1 is 0.962 bits per heavy atom. The lowest BCUT2D eigenvalue weighted by molar-refractivity contribution is 0.581. The van der Waals surface area contributed by atoms with Gasteiger partial charge in [-0.3, -0.25) is 9.59 Å². The molecular formula is C17H16ClN3O4S. The Labute approximate surface area is 154 Å². The lowest BCUT2D eigenvalue weighted by atomic mass is 10.2. The van der Waals surface area contributed by atoms with Crippen LogP contribution in [0.2, 0.25) is 5.02 Å². The first kappa shape index (κ1) is 18.4. The van der Waals surface area contributed by atoms with Crippen LogP contribution in [-0.2, 0) is 30.7 Å². The van der Waals surface area contributed by atoms with E-state index in [-0.39, 0.29) is 11.4 Å². The minimum absolute atomic E-state index is 0.00861. The number of aryl methyl sites for hydroxylation is 2. The molecule has 3 rings (SSSR count). The number of aromatic nitrogens is 2. The van der Waals surface area contributed by atoms with Crippen LogP contribution in [0.3, 0.4) is 0 Å². The van der Waals surface area contributed by atoms with Gasteiger partial charge in [0, 0.05) is 25.7 Å². The highest BCUT2D eigenvalue weighted by Crippen LogP contribution is 2.18. The Bertz CT molecular complexity index is 1230. The first-order chi connectivity index (χ1) is 12.2. The molecule has 136 valence electrons. The molecule has 0 amide bonds. The molecule has 0 unspecified atom stereocenters. The molecule has 0 aliphatic heterocycles. The summed E-state index contributed by atoms with van der Waals surface area (Å²) in [7, 11) is -0.932. The van der Waals surface area contributed by atoms with Gasteiger partial charge in [-0.05, 0) is 29.8 Å². The van der Waals surface area contributed by atoms with E-state index in [1.54, 1.807) is 24.3 Å². The maximum absolute atomic E-state index is 12.6. The number of nitrogens with one attached hydrogen (secondary N) is 1. The maximum atomic E-state index is 12.6. The van der Waals surface area contributed by atoms with Gasteiger partial charge in [-0.15, -0.1) is 0 Å². The second-order valence-corrected chi connectivity index (χ2v) is 7.97. The Morgan fingerprint density at radius 3 is 2.23 bits per heavy atom. The van der Waals surface area contributed by atoms with Gasteiger partial charge in [-0.2, -0.15) is 0 Å². The molecule has 7 nitrogen and oxygen atoms in total. The summed E-state index contributed by atoms with van der Waals surface area (Å²) in [5.41, 5.74) is 0.0548. The number of fused-ring (bicyclic) bond motifs is 1. The van der Waals surface area contributed by atoms with Crippen molar-refractivity contribution in [2.45, 2.75) is 11.4 Å². The molecule has 0 aliphatic rings. The number of halogens is 1. The predicted octanol–water partition coefficient (Wildman–Crippen LogP) is 1.37. The second kappa shape index (κ2) is 6.71. The first-order valence-corrected chi connectivity index (χ1v) is 9.51. The minimum Gasteiger partial charge on any atom is -0.305 e. The van der Waals surface area contributed by atoms with E-state index in [9.17, 15) is 18.0 Å². The molecule has 9 heteroatoms. The van der Waals surface area contributed by atoms with E-state index in [1.165, 1.54) is 36.9 Å². The Balaban J connectivity index is 2.03.